The van der Waals surface area contributed by atoms with Gasteiger partial charge in [0.15, 0.2) is 0 Å². The van der Waals surface area contributed by atoms with Gasteiger partial charge in [0, 0.05) is 24.1 Å². The van der Waals surface area contributed by atoms with Crippen LogP contribution in [0.3, 0.4) is 0 Å². The zero-order valence-corrected chi connectivity index (χ0v) is 20.2. The number of ether oxygens (including phenoxy) is 1. The van der Waals surface area contributed by atoms with E-state index < -0.39 is 12.1 Å². The highest BCUT2D eigenvalue weighted by molar-refractivity contribution is 7.10. The summed E-state index contributed by atoms with van der Waals surface area (Å²) in [5.41, 5.74) is 2.69. The van der Waals surface area contributed by atoms with Crippen molar-refractivity contribution in [2.45, 2.75) is 64.2 Å². The summed E-state index contributed by atoms with van der Waals surface area (Å²) in [5, 5.41) is 24.5. The van der Waals surface area contributed by atoms with Gasteiger partial charge in [0.05, 0.1) is 25.2 Å². The van der Waals surface area contributed by atoms with E-state index in [0.29, 0.717) is 31.2 Å². The molecule has 1 fully saturated rings. The summed E-state index contributed by atoms with van der Waals surface area (Å²) in [6.45, 7) is 6.00. The van der Waals surface area contributed by atoms with Gasteiger partial charge in [0.2, 0.25) is 0 Å². The molecule has 1 saturated heterocycles. The maximum absolute atomic E-state index is 13.9. The Kier molecular flexibility index (Phi) is 9.82. The lowest BCUT2D eigenvalue weighted by atomic mass is 10.0. The highest BCUT2D eigenvalue weighted by atomic mass is 32.1. The molecule has 1 aliphatic rings. The smallest absolute Gasteiger partial charge is 0.303 e. The number of nitrogens with zero attached hydrogens (tertiary/aromatic N) is 1. The van der Waals surface area contributed by atoms with E-state index in [0.717, 1.165) is 41.8 Å². The Hall–Kier alpha value is -1.84. The van der Waals surface area contributed by atoms with Crippen molar-refractivity contribution in [3.05, 3.63) is 57.0 Å². The molecule has 2 heterocycles. The van der Waals surface area contributed by atoms with Crippen LogP contribution in [-0.4, -0.2) is 59.6 Å². The lowest BCUT2D eigenvalue weighted by Crippen LogP contribution is -2.42. The number of aryl methyl sites for hydroxylation is 2. The summed E-state index contributed by atoms with van der Waals surface area (Å²) in [6, 6.07) is 7.82. The standard InChI is InChI=1S/C25H35FN2O4S/c1-17-5-6-19(13-23(17)26)12-20-4-3-10-28(20)16-27-14-21(29)15-32-18(2)22-9-11-33-24(22)7-8-25(30)31/h5-6,9,11,13,18,20-21,27,29H,3-4,7-8,10,12,14-16H2,1-2H3,(H,30,31)/t18?,20-,21+/m0/s1. The summed E-state index contributed by atoms with van der Waals surface area (Å²) in [7, 11) is 0. The Balaban J connectivity index is 1.38. The highest BCUT2D eigenvalue weighted by Crippen LogP contribution is 2.27. The molecule has 0 radical (unpaired) electrons. The number of carbonyl (C=O) groups is 1. The molecule has 3 N–H and O–H groups in total. The van der Waals surface area contributed by atoms with Gasteiger partial charge in [-0.25, -0.2) is 4.39 Å². The van der Waals surface area contributed by atoms with Crippen molar-refractivity contribution >= 4 is 17.3 Å². The van der Waals surface area contributed by atoms with Crippen LogP contribution < -0.4 is 5.32 Å². The molecule has 1 aromatic carbocycles. The van der Waals surface area contributed by atoms with Crippen molar-refractivity contribution in [1.29, 1.82) is 0 Å². The van der Waals surface area contributed by atoms with Crippen molar-refractivity contribution in [2.24, 2.45) is 0 Å². The molecule has 3 atom stereocenters. The molecule has 0 amide bonds. The molecular weight excluding hydrogens is 443 g/mol. The van der Waals surface area contributed by atoms with Crippen LogP contribution in [0.15, 0.2) is 29.6 Å². The molecule has 8 heteroatoms. The number of rotatable bonds is 13. The van der Waals surface area contributed by atoms with Crippen molar-refractivity contribution in [2.75, 3.05) is 26.4 Å². The number of carboxylic acid groups (broad SMARTS) is 1. The zero-order chi connectivity index (χ0) is 23.8. The molecule has 0 saturated carbocycles. The third-order valence-corrected chi connectivity index (χ3v) is 7.22. The van der Waals surface area contributed by atoms with Gasteiger partial charge in [-0.3, -0.25) is 9.69 Å². The van der Waals surface area contributed by atoms with Gasteiger partial charge in [-0.15, -0.1) is 11.3 Å². The number of halogens is 1. The molecule has 1 unspecified atom stereocenters. The normalized spacial score (nSPS) is 18.5. The lowest BCUT2D eigenvalue weighted by Gasteiger charge is -2.26. The maximum Gasteiger partial charge on any atom is 0.303 e. The highest BCUT2D eigenvalue weighted by Gasteiger charge is 2.24. The number of thiophene rings is 1. The van der Waals surface area contributed by atoms with Crippen LogP contribution in [-0.2, 0) is 22.4 Å². The molecule has 1 aliphatic heterocycles. The van der Waals surface area contributed by atoms with E-state index in [2.05, 4.69) is 10.2 Å². The summed E-state index contributed by atoms with van der Waals surface area (Å²) in [6.07, 6.45) is 2.79. The number of nitrogens with one attached hydrogen (secondary N) is 1. The van der Waals surface area contributed by atoms with Crippen molar-refractivity contribution in [3.63, 3.8) is 0 Å². The number of benzene rings is 1. The quantitative estimate of drug-likeness (QED) is 0.405. The fourth-order valence-corrected chi connectivity index (χ4v) is 5.25. The van der Waals surface area contributed by atoms with Crippen molar-refractivity contribution < 1.29 is 24.1 Å². The fraction of sp³-hybridized carbons (Fsp3) is 0.560. The van der Waals surface area contributed by atoms with E-state index in [4.69, 9.17) is 9.84 Å². The molecule has 33 heavy (non-hydrogen) atoms. The van der Waals surface area contributed by atoms with E-state index in [1.54, 1.807) is 13.0 Å². The predicted octanol–water partition coefficient (Wildman–Crippen LogP) is 3.91. The SMILES string of the molecule is Cc1ccc(C[C@@H]2CCCN2CNC[C@@H](O)COC(C)c2ccsc2CCC(=O)O)cc1F. The average Bonchev–Trinajstić information content (AvgIpc) is 3.42. The van der Waals surface area contributed by atoms with Gasteiger partial charge >= 0.3 is 5.97 Å². The minimum Gasteiger partial charge on any atom is -0.481 e. The Morgan fingerprint density at radius 1 is 1.39 bits per heavy atom. The van der Waals surface area contributed by atoms with Crippen LogP contribution in [0.2, 0.25) is 0 Å². The third kappa shape index (κ3) is 7.86. The van der Waals surface area contributed by atoms with Gasteiger partial charge < -0.3 is 20.3 Å². The van der Waals surface area contributed by atoms with Gasteiger partial charge in [0.1, 0.15) is 5.82 Å². The lowest BCUT2D eigenvalue weighted by molar-refractivity contribution is -0.136. The number of aliphatic carboxylic acids is 1. The monoisotopic (exact) mass is 478 g/mol. The van der Waals surface area contributed by atoms with Crippen LogP contribution >= 0.6 is 11.3 Å². The van der Waals surface area contributed by atoms with Crippen LogP contribution in [0.1, 0.15) is 53.9 Å². The number of aliphatic hydroxyl groups excluding tert-OH is 1. The maximum atomic E-state index is 13.9. The van der Waals surface area contributed by atoms with Crippen LogP contribution in [0.5, 0.6) is 0 Å². The minimum absolute atomic E-state index is 0.100. The first kappa shape index (κ1) is 25.8. The number of likely N-dealkylation sites (tertiary alicyclic amines) is 1. The van der Waals surface area contributed by atoms with Crippen LogP contribution in [0.4, 0.5) is 4.39 Å². The molecule has 0 aliphatic carbocycles. The van der Waals surface area contributed by atoms with E-state index in [-0.39, 0.29) is 24.9 Å². The number of hydrogen-bond donors (Lipinski definition) is 3. The second-order valence-electron chi connectivity index (χ2n) is 8.83. The molecule has 6 nitrogen and oxygen atoms in total. The first-order chi connectivity index (χ1) is 15.8. The van der Waals surface area contributed by atoms with Gasteiger partial charge in [-0.2, -0.15) is 0 Å². The first-order valence-electron chi connectivity index (χ1n) is 11.6. The summed E-state index contributed by atoms with van der Waals surface area (Å²) >= 11 is 1.54. The van der Waals surface area contributed by atoms with Gasteiger partial charge in [-0.1, -0.05) is 12.1 Å². The predicted molar refractivity (Wildman–Crippen MR) is 128 cm³/mol. The Bertz CT molecular complexity index is 906. The molecule has 0 spiro atoms. The zero-order valence-electron chi connectivity index (χ0n) is 19.4. The second-order valence-corrected chi connectivity index (χ2v) is 9.83. The molecule has 0 bridgehead atoms. The van der Waals surface area contributed by atoms with Gasteiger partial charge in [0.25, 0.3) is 0 Å². The summed E-state index contributed by atoms with van der Waals surface area (Å²) < 4.78 is 19.7. The molecular formula is C25H35FN2O4S. The van der Waals surface area contributed by atoms with E-state index >= 15 is 0 Å². The van der Waals surface area contributed by atoms with E-state index in [9.17, 15) is 14.3 Å². The number of aliphatic hydroxyl groups is 1. The second kappa shape index (κ2) is 12.6. The molecule has 1 aromatic heterocycles. The Labute approximate surface area is 199 Å². The average molecular weight is 479 g/mol. The molecule has 2 aromatic rings. The Morgan fingerprint density at radius 3 is 2.97 bits per heavy atom. The van der Waals surface area contributed by atoms with Crippen molar-refractivity contribution in [1.82, 2.24) is 10.2 Å². The molecule has 3 rings (SSSR count). The number of hydrogen-bond acceptors (Lipinski definition) is 6. The van der Waals surface area contributed by atoms with Crippen molar-refractivity contribution in [3.8, 4) is 0 Å². The van der Waals surface area contributed by atoms with Crippen LogP contribution in [0.25, 0.3) is 0 Å². The Morgan fingerprint density at radius 2 is 2.21 bits per heavy atom. The van der Waals surface area contributed by atoms with E-state index in [1.807, 2.05) is 30.5 Å². The molecule has 182 valence electrons. The van der Waals surface area contributed by atoms with Crippen LogP contribution in [0, 0.1) is 12.7 Å². The largest absolute Gasteiger partial charge is 0.481 e. The third-order valence-electron chi connectivity index (χ3n) is 6.22. The topological polar surface area (TPSA) is 82.0 Å². The first-order valence-corrected chi connectivity index (χ1v) is 12.5. The fourth-order valence-electron chi connectivity index (χ4n) is 4.29. The summed E-state index contributed by atoms with van der Waals surface area (Å²) in [5.74, 6) is -0.959. The minimum atomic E-state index is -0.810. The van der Waals surface area contributed by atoms with Gasteiger partial charge in [-0.05, 0) is 80.3 Å². The number of carboxylic acids is 1. The van der Waals surface area contributed by atoms with E-state index in [1.165, 1.54) is 11.3 Å². The summed E-state index contributed by atoms with van der Waals surface area (Å²) in [4.78, 5) is 14.2.